The third-order valence-corrected chi connectivity index (χ3v) is 3.76. The van der Waals surface area contributed by atoms with E-state index < -0.39 is 0 Å². The Morgan fingerprint density at radius 2 is 1.63 bits per heavy atom. The van der Waals surface area contributed by atoms with E-state index in [1.807, 2.05) is 18.2 Å². The van der Waals surface area contributed by atoms with Crippen LogP contribution in [-0.2, 0) is 4.74 Å². The lowest BCUT2D eigenvalue weighted by Gasteiger charge is -2.29. The SMILES string of the molecule is COc1ccc(NC2CCC(OC)CC2)cc1OC. The highest BCUT2D eigenvalue weighted by molar-refractivity contribution is 5.55. The Balaban J connectivity index is 1.96. The monoisotopic (exact) mass is 265 g/mol. The molecule has 1 saturated carbocycles. The van der Waals surface area contributed by atoms with Crippen molar-refractivity contribution in [2.75, 3.05) is 26.6 Å². The second kappa shape index (κ2) is 6.66. The van der Waals surface area contributed by atoms with E-state index in [9.17, 15) is 0 Å². The molecule has 0 spiro atoms. The van der Waals surface area contributed by atoms with Gasteiger partial charge in [-0.3, -0.25) is 0 Å². The van der Waals surface area contributed by atoms with Crippen molar-refractivity contribution in [2.24, 2.45) is 0 Å². The molecular formula is C15H23NO3. The number of hydrogen-bond acceptors (Lipinski definition) is 4. The fourth-order valence-corrected chi connectivity index (χ4v) is 2.60. The van der Waals surface area contributed by atoms with E-state index in [1.165, 1.54) is 0 Å². The first-order valence-corrected chi connectivity index (χ1v) is 6.78. The Kier molecular flexibility index (Phi) is 4.91. The maximum atomic E-state index is 5.39. The summed E-state index contributed by atoms with van der Waals surface area (Å²) in [6.07, 6.45) is 4.98. The van der Waals surface area contributed by atoms with Crippen LogP contribution in [0.1, 0.15) is 25.7 Å². The number of nitrogens with one attached hydrogen (secondary N) is 1. The van der Waals surface area contributed by atoms with Crippen molar-refractivity contribution in [2.45, 2.75) is 37.8 Å². The van der Waals surface area contributed by atoms with Gasteiger partial charge in [-0.1, -0.05) is 0 Å². The predicted molar refractivity (Wildman–Crippen MR) is 76.2 cm³/mol. The molecule has 0 atom stereocenters. The zero-order valence-corrected chi connectivity index (χ0v) is 11.9. The van der Waals surface area contributed by atoms with Crippen LogP contribution in [0.15, 0.2) is 18.2 Å². The van der Waals surface area contributed by atoms with Gasteiger partial charge in [0.2, 0.25) is 0 Å². The quantitative estimate of drug-likeness (QED) is 0.888. The fourth-order valence-electron chi connectivity index (χ4n) is 2.60. The molecule has 106 valence electrons. The summed E-state index contributed by atoms with van der Waals surface area (Å²) in [5, 5.41) is 3.56. The first-order chi connectivity index (χ1) is 9.26. The molecular weight excluding hydrogens is 242 g/mol. The number of methoxy groups -OCH3 is 3. The molecule has 4 nitrogen and oxygen atoms in total. The summed E-state index contributed by atoms with van der Waals surface area (Å²) in [5.41, 5.74) is 1.08. The molecule has 1 fully saturated rings. The summed E-state index contributed by atoms with van der Waals surface area (Å²) in [5.74, 6) is 1.52. The lowest BCUT2D eigenvalue weighted by molar-refractivity contribution is 0.0682. The van der Waals surface area contributed by atoms with E-state index in [0.717, 1.165) is 42.9 Å². The predicted octanol–water partition coefficient (Wildman–Crippen LogP) is 3.07. The standard InChI is InChI=1S/C15H23NO3/c1-17-13-7-4-11(5-8-13)16-12-6-9-14(18-2)15(10-12)19-3/h6,9-11,13,16H,4-5,7-8H2,1-3H3. The van der Waals surface area contributed by atoms with Gasteiger partial charge < -0.3 is 19.5 Å². The summed E-state index contributed by atoms with van der Waals surface area (Å²) in [4.78, 5) is 0. The molecule has 0 saturated heterocycles. The molecule has 4 heteroatoms. The van der Waals surface area contributed by atoms with Crippen LogP contribution in [0.5, 0.6) is 11.5 Å². The molecule has 1 aromatic carbocycles. The van der Waals surface area contributed by atoms with Gasteiger partial charge in [0.25, 0.3) is 0 Å². The molecule has 0 unspecified atom stereocenters. The average molecular weight is 265 g/mol. The van der Waals surface area contributed by atoms with E-state index in [0.29, 0.717) is 12.1 Å². The van der Waals surface area contributed by atoms with Crippen molar-refractivity contribution in [3.8, 4) is 11.5 Å². The van der Waals surface area contributed by atoms with E-state index in [-0.39, 0.29) is 0 Å². The van der Waals surface area contributed by atoms with E-state index in [4.69, 9.17) is 14.2 Å². The molecule has 1 aliphatic carbocycles. The van der Waals surface area contributed by atoms with Gasteiger partial charge in [0.05, 0.1) is 20.3 Å². The second-order valence-corrected chi connectivity index (χ2v) is 4.92. The molecule has 0 aromatic heterocycles. The Morgan fingerprint density at radius 3 is 2.21 bits per heavy atom. The van der Waals surface area contributed by atoms with Gasteiger partial charge in [-0.05, 0) is 37.8 Å². The number of anilines is 1. The van der Waals surface area contributed by atoms with Gasteiger partial charge in [0.15, 0.2) is 11.5 Å². The normalized spacial score (nSPS) is 22.9. The molecule has 0 amide bonds. The van der Waals surface area contributed by atoms with Crippen molar-refractivity contribution >= 4 is 5.69 Å². The molecule has 1 N–H and O–H groups in total. The van der Waals surface area contributed by atoms with Crippen LogP contribution in [0.25, 0.3) is 0 Å². The Labute approximate surface area is 115 Å². The maximum Gasteiger partial charge on any atom is 0.162 e. The van der Waals surface area contributed by atoms with Crippen LogP contribution in [0, 0.1) is 0 Å². The maximum absolute atomic E-state index is 5.39. The van der Waals surface area contributed by atoms with Crippen LogP contribution in [0.2, 0.25) is 0 Å². The lowest BCUT2D eigenvalue weighted by atomic mass is 9.93. The van der Waals surface area contributed by atoms with E-state index >= 15 is 0 Å². The summed E-state index contributed by atoms with van der Waals surface area (Å²) < 4.78 is 15.9. The third-order valence-electron chi connectivity index (χ3n) is 3.76. The van der Waals surface area contributed by atoms with Crippen LogP contribution >= 0.6 is 0 Å². The Morgan fingerprint density at radius 1 is 0.947 bits per heavy atom. The highest BCUT2D eigenvalue weighted by Gasteiger charge is 2.20. The first kappa shape index (κ1) is 14.0. The largest absolute Gasteiger partial charge is 0.493 e. The van der Waals surface area contributed by atoms with Gasteiger partial charge >= 0.3 is 0 Å². The Hall–Kier alpha value is -1.42. The minimum Gasteiger partial charge on any atom is -0.493 e. The Bertz CT molecular complexity index is 400. The molecule has 1 aromatic rings. The lowest BCUT2D eigenvalue weighted by Crippen LogP contribution is -2.29. The first-order valence-electron chi connectivity index (χ1n) is 6.78. The minimum atomic E-state index is 0.434. The topological polar surface area (TPSA) is 39.7 Å². The third kappa shape index (κ3) is 3.53. The molecule has 2 rings (SSSR count). The van der Waals surface area contributed by atoms with Crippen LogP contribution in [0.4, 0.5) is 5.69 Å². The smallest absolute Gasteiger partial charge is 0.162 e. The molecule has 0 aliphatic heterocycles. The number of hydrogen-bond donors (Lipinski definition) is 1. The molecule has 1 aliphatic rings. The second-order valence-electron chi connectivity index (χ2n) is 4.92. The highest BCUT2D eigenvalue weighted by Crippen LogP contribution is 2.31. The van der Waals surface area contributed by atoms with Gasteiger partial charge in [-0.2, -0.15) is 0 Å². The van der Waals surface area contributed by atoms with Crippen molar-refractivity contribution < 1.29 is 14.2 Å². The van der Waals surface area contributed by atoms with Crippen LogP contribution in [0.3, 0.4) is 0 Å². The van der Waals surface area contributed by atoms with Crippen molar-refractivity contribution in [1.29, 1.82) is 0 Å². The average Bonchev–Trinajstić information content (AvgIpc) is 2.48. The number of ether oxygens (including phenoxy) is 3. The molecule has 19 heavy (non-hydrogen) atoms. The van der Waals surface area contributed by atoms with E-state index in [1.54, 1.807) is 21.3 Å². The van der Waals surface area contributed by atoms with Gasteiger partial charge in [-0.25, -0.2) is 0 Å². The summed E-state index contributed by atoms with van der Waals surface area (Å²) >= 11 is 0. The van der Waals surface area contributed by atoms with Gasteiger partial charge in [0, 0.05) is 24.9 Å². The van der Waals surface area contributed by atoms with Gasteiger partial charge in [-0.15, -0.1) is 0 Å². The van der Waals surface area contributed by atoms with Crippen molar-refractivity contribution in [1.82, 2.24) is 0 Å². The molecule has 0 bridgehead atoms. The zero-order chi connectivity index (χ0) is 13.7. The summed E-state index contributed by atoms with van der Waals surface area (Å²) in [6, 6.07) is 6.47. The molecule has 0 heterocycles. The zero-order valence-electron chi connectivity index (χ0n) is 11.9. The number of rotatable bonds is 5. The number of benzene rings is 1. The highest BCUT2D eigenvalue weighted by atomic mass is 16.5. The van der Waals surface area contributed by atoms with Crippen molar-refractivity contribution in [3.05, 3.63) is 18.2 Å². The van der Waals surface area contributed by atoms with E-state index in [2.05, 4.69) is 5.32 Å². The summed E-state index contributed by atoms with van der Waals surface area (Å²) in [6.45, 7) is 0. The van der Waals surface area contributed by atoms with Gasteiger partial charge in [0.1, 0.15) is 0 Å². The molecule has 0 radical (unpaired) electrons. The summed E-state index contributed by atoms with van der Waals surface area (Å²) in [7, 11) is 5.11. The van der Waals surface area contributed by atoms with Crippen molar-refractivity contribution in [3.63, 3.8) is 0 Å². The minimum absolute atomic E-state index is 0.434. The van der Waals surface area contributed by atoms with Crippen LogP contribution in [-0.4, -0.2) is 33.5 Å². The fraction of sp³-hybridized carbons (Fsp3) is 0.600. The van der Waals surface area contributed by atoms with Crippen LogP contribution < -0.4 is 14.8 Å².